The predicted molar refractivity (Wildman–Crippen MR) is 68.8 cm³/mol. The minimum absolute atomic E-state index is 0.0408. The van der Waals surface area contributed by atoms with Gasteiger partial charge in [-0.2, -0.15) is 0 Å². The van der Waals surface area contributed by atoms with Gasteiger partial charge in [0, 0.05) is 11.0 Å². The maximum absolute atomic E-state index is 13.4. The Kier molecular flexibility index (Phi) is 4.05. The Morgan fingerprint density at radius 3 is 2.94 bits per heavy atom. The molecule has 1 aromatic rings. The molecule has 0 heterocycles. The lowest BCUT2D eigenvalue weighted by Crippen LogP contribution is -2.31. The Balaban J connectivity index is 1.96. The first-order valence-electron chi connectivity index (χ1n) is 5.45. The summed E-state index contributed by atoms with van der Waals surface area (Å²) in [5.74, 6) is -0.442. The van der Waals surface area contributed by atoms with Crippen LogP contribution in [0.25, 0.3) is 0 Å². The Labute approximate surface area is 113 Å². The van der Waals surface area contributed by atoms with Gasteiger partial charge in [0.05, 0.1) is 10.9 Å². The molecule has 0 spiro atoms. The van der Waals surface area contributed by atoms with E-state index in [0.717, 1.165) is 12.8 Å². The summed E-state index contributed by atoms with van der Waals surface area (Å²) in [5, 5.41) is 2.61. The van der Waals surface area contributed by atoms with Crippen LogP contribution in [0.4, 0.5) is 4.39 Å². The van der Waals surface area contributed by atoms with Gasteiger partial charge in [-0.3, -0.25) is 4.79 Å². The molecular weight excluding hydrogens is 308 g/mol. The van der Waals surface area contributed by atoms with Gasteiger partial charge in [-0.05, 0) is 37.0 Å². The Bertz CT molecular complexity index is 437. The summed E-state index contributed by atoms with van der Waals surface area (Å²) < 4.78 is 14.1. The summed E-state index contributed by atoms with van der Waals surface area (Å²) in [6.07, 6.45) is 2.24. The summed E-state index contributed by atoms with van der Waals surface area (Å²) in [4.78, 5) is 11.7. The molecule has 0 radical (unpaired) electrons. The first-order chi connectivity index (χ1) is 8.08. The van der Waals surface area contributed by atoms with E-state index in [9.17, 15) is 9.18 Å². The number of rotatable bonds is 4. The van der Waals surface area contributed by atoms with E-state index >= 15 is 0 Å². The first kappa shape index (κ1) is 12.8. The van der Waals surface area contributed by atoms with Gasteiger partial charge in [-0.1, -0.05) is 15.9 Å². The van der Waals surface area contributed by atoms with E-state index in [1.54, 1.807) is 6.07 Å². The molecule has 1 saturated carbocycles. The highest BCUT2D eigenvalue weighted by Crippen LogP contribution is 2.35. The quantitative estimate of drug-likeness (QED) is 0.847. The topological polar surface area (TPSA) is 29.1 Å². The normalized spacial score (nSPS) is 16.6. The largest absolute Gasteiger partial charge is 0.350 e. The average molecular weight is 321 g/mol. The van der Waals surface area contributed by atoms with Crippen molar-refractivity contribution in [1.29, 1.82) is 0 Å². The van der Waals surface area contributed by atoms with Crippen LogP contribution >= 0.6 is 27.5 Å². The summed E-state index contributed by atoms with van der Waals surface area (Å²) in [5.41, 5.74) is 0.0408. The van der Waals surface area contributed by atoms with Crippen LogP contribution < -0.4 is 5.32 Å². The number of alkyl halides is 1. The molecule has 1 amide bonds. The van der Waals surface area contributed by atoms with Gasteiger partial charge in [-0.25, -0.2) is 4.39 Å². The first-order valence-corrected chi connectivity index (χ1v) is 6.68. The van der Waals surface area contributed by atoms with Gasteiger partial charge in [-0.15, -0.1) is 11.6 Å². The fourth-order valence-electron chi connectivity index (χ4n) is 1.58. The van der Waals surface area contributed by atoms with Crippen molar-refractivity contribution >= 4 is 33.4 Å². The molecule has 1 atom stereocenters. The van der Waals surface area contributed by atoms with Crippen molar-refractivity contribution in [3.8, 4) is 0 Å². The third-order valence-corrected chi connectivity index (χ3v) is 3.77. The van der Waals surface area contributed by atoms with Crippen LogP contribution in [0.5, 0.6) is 0 Å². The molecule has 1 N–H and O–H groups in total. The number of nitrogens with one attached hydrogen (secondary N) is 1. The minimum atomic E-state index is -0.525. The van der Waals surface area contributed by atoms with Crippen molar-refractivity contribution < 1.29 is 9.18 Å². The van der Waals surface area contributed by atoms with E-state index in [0.29, 0.717) is 16.9 Å². The number of halogens is 3. The zero-order valence-electron chi connectivity index (χ0n) is 9.05. The SMILES string of the molecule is O=C(NCC(Cl)C1CC1)c1cc(Br)ccc1F. The molecule has 1 aliphatic carbocycles. The van der Waals surface area contributed by atoms with Crippen LogP contribution in [0.1, 0.15) is 23.2 Å². The van der Waals surface area contributed by atoms with E-state index in [1.807, 2.05) is 0 Å². The van der Waals surface area contributed by atoms with Crippen molar-refractivity contribution in [2.24, 2.45) is 5.92 Å². The van der Waals surface area contributed by atoms with Gasteiger partial charge in [0.1, 0.15) is 5.82 Å². The molecule has 1 aliphatic rings. The van der Waals surface area contributed by atoms with Gasteiger partial charge in [0.15, 0.2) is 0 Å². The second kappa shape index (κ2) is 5.36. The zero-order chi connectivity index (χ0) is 12.4. The molecule has 17 heavy (non-hydrogen) atoms. The number of benzene rings is 1. The fraction of sp³-hybridized carbons (Fsp3) is 0.417. The molecule has 0 aromatic heterocycles. The molecule has 1 unspecified atom stereocenters. The van der Waals surface area contributed by atoms with Crippen molar-refractivity contribution in [3.63, 3.8) is 0 Å². The van der Waals surface area contributed by atoms with E-state index in [2.05, 4.69) is 21.2 Å². The number of carbonyl (C=O) groups excluding carboxylic acids is 1. The fourth-order valence-corrected chi connectivity index (χ4v) is 2.27. The third-order valence-electron chi connectivity index (χ3n) is 2.76. The molecule has 2 nitrogen and oxygen atoms in total. The number of hydrogen-bond donors (Lipinski definition) is 1. The van der Waals surface area contributed by atoms with Crippen LogP contribution in [-0.4, -0.2) is 17.8 Å². The zero-order valence-corrected chi connectivity index (χ0v) is 11.4. The summed E-state index contributed by atoms with van der Waals surface area (Å²) in [6, 6.07) is 4.28. The summed E-state index contributed by atoms with van der Waals surface area (Å²) >= 11 is 9.27. The number of carbonyl (C=O) groups is 1. The second-order valence-electron chi connectivity index (χ2n) is 4.19. The average Bonchev–Trinajstić information content (AvgIpc) is 3.12. The lowest BCUT2D eigenvalue weighted by Gasteiger charge is -2.10. The highest BCUT2D eigenvalue weighted by atomic mass is 79.9. The molecule has 1 fully saturated rings. The Morgan fingerprint density at radius 2 is 2.29 bits per heavy atom. The highest BCUT2D eigenvalue weighted by Gasteiger charge is 2.29. The molecule has 92 valence electrons. The monoisotopic (exact) mass is 319 g/mol. The molecular formula is C12H12BrClFNO. The summed E-state index contributed by atoms with van der Waals surface area (Å²) in [6.45, 7) is 0.386. The lowest BCUT2D eigenvalue weighted by atomic mass is 10.2. The maximum atomic E-state index is 13.4. The highest BCUT2D eigenvalue weighted by molar-refractivity contribution is 9.10. The van der Waals surface area contributed by atoms with Gasteiger partial charge >= 0.3 is 0 Å². The van der Waals surface area contributed by atoms with Crippen LogP contribution in [0.3, 0.4) is 0 Å². The van der Waals surface area contributed by atoms with E-state index in [1.165, 1.54) is 12.1 Å². The molecule has 1 aromatic carbocycles. The van der Waals surface area contributed by atoms with E-state index < -0.39 is 11.7 Å². The number of hydrogen-bond acceptors (Lipinski definition) is 1. The molecule has 0 bridgehead atoms. The lowest BCUT2D eigenvalue weighted by molar-refractivity contribution is 0.0949. The maximum Gasteiger partial charge on any atom is 0.254 e. The van der Waals surface area contributed by atoms with Gasteiger partial charge in [0.2, 0.25) is 0 Å². The molecule has 0 aliphatic heterocycles. The molecule has 2 rings (SSSR count). The van der Waals surface area contributed by atoms with Gasteiger partial charge in [0.25, 0.3) is 5.91 Å². The van der Waals surface area contributed by atoms with Gasteiger partial charge < -0.3 is 5.32 Å². The molecule has 0 saturated heterocycles. The minimum Gasteiger partial charge on any atom is -0.350 e. The van der Waals surface area contributed by atoms with Crippen molar-refractivity contribution in [2.75, 3.05) is 6.54 Å². The van der Waals surface area contributed by atoms with Crippen LogP contribution in [0, 0.1) is 11.7 Å². The third kappa shape index (κ3) is 3.42. The van der Waals surface area contributed by atoms with Crippen LogP contribution in [-0.2, 0) is 0 Å². The smallest absolute Gasteiger partial charge is 0.254 e. The standard InChI is InChI=1S/C12H12BrClFNO/c13-8-3-4-11(15)9(5-8)12(17)16-6-10(14)7-1-2-7/h3-5,7,10H,1-2,6H2,(H,16,17). The second-order valence-corrected chi connectivity index (χ2v) is 5.66. The van der Waals surface area contributed by atoms with Crippen molar-refractivity contribution in [3.05, 3.63) is 34.1 Å². The van der Waals surface area contributed by atoms with Crippen LogP contribution in [0.2, 0.25) is 0 Å². The van der Waals surface area contributed by atoms with Crippen molar-refractivity contribution in [1.82, 2.24) is 5.32 Å². The van der Waals surface area contributed by atoms with E-state index in [-0.39, 0.29) is 10.9 Å². The Morgan fingerprint density at radius 1 is 1.59 bits per heavy atom. The molecule has 5 heteroatoms. The van der Waals surface area contributed by atoms with Crippen molar-refractivity contribution in [2.45, 2.75) is 18.2 Å². The summed E-state index contributed by atoms with van der Waals surface area (Å²) in [7, 11) is 0. The number of amides is 1. The van der Waals surface area contributed by atoms with Crippen LogP contribution in [0.15, 0.2) is 22.7 Å². The Hall–Kier alpha value is -0.610. The van der Waals surface area contributed by atoms with E-state index in [4.69, 9.17) is 11.6 Å². The predicted octanol–water partition coefficient (Wildman–Crippen LogP) is 3.34.